The third-order valence-electron chi connectivity index (χ3n) is 23.1. The molecule has 0 radical (unpaired) electrons. The maximum atomic E-state index is 12.6. The van der Waals surface area contributed by atoms with Crippen molar-refractivity contribution in [3.63, 3.8) is 0 Å². The molecule has 11 rings (SSSR count). The molecule has 0 bridgehead atoms. The van der Waals surface area contributed by atoms with Crippen LogP contribution >= 0.6 is 0 Å². The Labute approximate surface area is 766 Å². The van der Waals surface area contributed by atoms with Crippen LogP contribution in [0.1, 0.15) is 183 Å². The zero-order valence-electron chi connectivity index (χ0n) is 79.9. The van der Waals surface area contributed by atoms with Crippen molar-refractivity contribution in [2.24, 2.45) is 99.5 Å². The molecule has 0 aliphatic rings. The SMILES string of the molecule is CC(CCCCn1c(=O)c2c(ncn2C)n(C)c1=O)OC(=O)CCC(=O)O.CC(CCCCn1c(=O)c2c(ncn2C)n(C)c1=O)OC(=O)CN.CC(CCCCn1c(=O)c2c(ncn2C)n(C)c1=O)OC(=O)[C@@H](N)C(C)C.CC(CCCCn1c(=O)c2c(ncn2C)n(C)c1=O)OCc1ccccc1.CC[C@H](C)[C@H](N)C(=O)OC(C)CCCCn1c(=O)c2c(ncn2C)n(C)c1=O. The Morgan fingerprint density at radius 1 is 0.361 bits per heavy atom. The Kier molecular flexibility index (Phi) is 40.4. The van der Waals surface area contributed by atoms with Crippen LogP contribution < -0.4 is 73.4 Å². The highest BCUT2D eigenvalue weighted by Crippen LogP contribution is 2.17. The quantitative estimate of drug-likeness (QED) is 0.0242. The number of ether oxygens (including phenoxy) is 5. The number of hydrogen-bond donors (Lipinski definition) is 4. The summed E-state index contributed by atoms with van der Waals surface area (Å²) in [5.74, 6) is -2.71. The Morgan fingerprint density at radius 3 is 0.887 bits per heavy atom. The van der Waals surface area contributed by atoms with Crippen molar-refractivity contribution in [1.29, 1.82) is 0 Å². The highest BCUT2D eigenvalue weighted by atomic mass is 16.6. The number of unbranched alkanes of at least 4 members (excludes halogenated alkanes) is 5. The summed E-state index contributed by atoms with van der Waals surface area (Å²) in [6, 6.07) is 8.84. The topological polar surface area (TPSA) is 539 Å². The van der Waals surface area contributed by atoms with Crippen molar-refractivity contribution in [2.75, 3.05) is 6.54 Å². The summed E-state index contributed by atoms with van der Waals surface area (Å²) >= 11 is 0. The van der Waals surface area contributed by atoms with E-state index < -0.39 is 41.7 Å². The summed E-state index contributed by atoms with van der Waals surface area (Å²) in [5, 5.41) is 8.54. The van der Waals surface area contributed by atoms with Crippen LogP contribution in [-0.4, -0.2) is 178 Å². The Bertz CT molecular complexity index is 6480. The van der Waals surface area contributed by atoms with Gasteiger partial charge in [0.15, 0.2) is 55.8 Å². The Hall–Kier alpha value is -12.8. The lowest BCUT2D eigenvalue weighted by Crippen LogP contribution is -2.40. The van der Waals surface area contributed by atoms with E-state index >= 15 is 0 Å². The lowest BCUT2D eigenvalue weighted by Gasteiger charge is -2.20. The molecule has 0 fully saturated rings. The molecule has 0 aliphatic heterocycles. The molecule has 10 heterocycles. The van der Waals surface area contributed by atoms with E-state index in [2.05, 4.69) is 31.8 Å². The molecular formula is C89H133N23O21. The second kappa shape index (κ2) is 50.1. The first-order valence-electron chi connectivity index (χ1n) is 44.8. The van der Waals surface area contributed by atoms with Gasteiger partial charge in [-0.3, -0.25) is 93.6 Å². The second-order valence-corrected chi connectivity index (χ2v) is 34.1. The molecule has 1 aromatic carbocycles. The number of carboxylic acid groups (broad SMARTS) is 1. The predicted molar refractivity (Wildman–Crippen MR) is 499 cm³/mol. The molecule has 730 valence electrons. The summed E-state index contributed by atoms with van der Waals surface area (Å²) in [4.78, 5) is 202. The van der Waals surface area contributed by atoms with Gasteiger partial charge >= 0.3 is 58.3 Å². The first-order valence-corrected chi connectivity index (χ1v) is 44.8. The largest absolute Gasteiger partial charge is 0.481 e. The fraction of sp³-hybridized carbons (Fsp3) is 0.596. The number of imidazole rings is 5. The van der Waals surface area contributed by atoms with E-state index in [-0.39, 0.29) is 125 Å². The predicted octanol–water partition coefficient (Wildman–Crippen LogP) is 3.53. The van der Waals surface area contributed by atoms with Gasteiger partial charge in [-0.1, -0.05) is 64.4 Å². The maximum Gasteiger partial charge on any atom is 0.332 e. The first kappa shape index (κ1) is 107. The molecule has 10 aromatic heterocycles. The zero-order chi connectivity index (χ0) is 98.7. The van der Waals surface area contributed by atoms with E-state index in [0.29, 0.717) is 159 Å². The number of carbonyl (C=O) groups is 5. The molecule has 133 heavy (non-hydrogen) atoms. The van der Waals surface area contributed by atoms with Crippen molar-refractivity contribution in [3.8, 4) is 0 Å². The number of carboxylic acids is 1. The molecule has 8 atom stereocenters. The number of esters is 4. The lowest BCUT2D eigenvalue weighted by molar-refractivity contribution is -0.152. The number of aliphatic carboxylic acids is 1. The summed E-state index contributed by atoms with van der Waals surface area (Å²) in [6.45, 7) is 18.9. The van der Waals surface area contributed by atoms with Crippen LogP contribution in [0.25, 0.3) is 55.8 Å². The van der Waals surface area contributed by atoms with Gasteiger partial charge in [-0.15, -0.1) is 0 Å². The number of fused-ring (bicyclic) bond motifs is 5. The van der Waals surface area contributed by atoms with Gasteiger partial charge in [-0.2, -0.15) is 0 Å². The average molecular weight is 1860 g/mol. The average Bonchev–Trinajstić information content (AvgIpc) is 1.68. The number of nitrogens with two attached hydrogens (primary N) is 3. The fourth-order valence-corrected chi connectivity index (χ4v) is 14.7. The molecule has 44 nitrogen and oxygen atoms in total. The van der Waals surface area contributed by atoms with Gasteiger partial charge in [0.1, 0.15) is 12.1 Å². The summed E-state index contributed by atoms with van der Waals surface area (Å²) in [5.41, 5.74) is 18.4. The monoisotopic (exact) mass is 1860 g/mol. The summed E-state index contributed by atoms with van der Waals surface area (Å²) in [7, 11) is 16.7. The summed E-state index contributed by atoms with van der Waals surface area (Å²) in [6.07, 6.45) is 17.3. The molecule has 0 saturated heterocycles. The van der Waals surface area contributed by atoms with Gasteiger partial charge in [-0.25, -0.2) is 48.9 Å². The first-order chi connectivity index (χ1) is 62.9. The van der Waals surface area contributed by atoms with Crippen LogP contribution in [0.5, 0.6) is 0 Å². The highest BCUT2D eigenvalue weighted by Gasteiger charge is 2.26. The molecule has 0 saturated carbocycles. The number of carbonyl (C=O) groups excluding carboxylic acids is 4. The minimum absolute atomic E-state index is 0.0229. The molecule has 44 heteroatoms. The van der Waals surface area contributed by atoms with Crippen molar-refractivity contribution < 1.29 is 52.8 Å². The van der Waals surface area contributed by atoms with E-state index in [0.717, 1.165) is 37.7 Å². The third kappa shape index (κ3) is 28.1. The lowest BCUT2D eigenvalue weighted by atomic mass is 10.0. The second-order valence-electron chi connectivity index (χ2n) is 34.1. The van der Waals surface area contributed by atoms with E-state index in [4.69, 9.17) is 46.0 Å². The van der Waals surface area contributed by atoms with Crippen molar-refractivity contribution in [2.45, 2.75) is 260 Å². The van der Waals surface area contributed by atoms with Crippen molar-refractivity contribution >= 4 is 85.7 Å². The van der Waals surface area contributed by atoms with Crippen LogP contribution in [0.3, 0.4) is 0 Å². The molecule has 0 amide bonds. The van der Waals surface area contributed by atoms with Gasteiger partial charge in [0.2, 0.25) is 0 Å². The van der Waals surface area contributed by atoms with Crippen LogP contribution in [0.2, 0.25) is 0 Å². The molecule has 5 unspecified atom stereocenters. The summed E-state index contributed by atoms with van der Waals surface area (Å²) < 4.78 is 48.0. The van der Waals surface area contributed by atoms with Gasteiger partial charge in [0.25, 0.3) is 27.8 Å². The maximum absolute atomic E-state index is 12.6. The third-order valence-corrected chi connectivity index (χ3v) is 23.1. The molecule has 0 spiro atoms. The van der Waals surface area contributed by atoms with Crippen molar-refractivity contribution in [3.05, 3.63) is 172 Å². The van der Waals surface area contributed by atoms with E-state index in [9.17, 15) is 71.9 Å². The van der Waals surface area contributed by atoms with E-state index in [1.165, 1.54) is 71.0 Å². The number of aryl methyl sites for hydroxylation is 10. The highest BCUT2D eigenvalue weighted by molar-refractivity contribution is 5.78. The van der Waals surface area contributed by atoms with Gasteiger partial charge in [-0.05, 0) is 148 Å². The van der Waals surface area contributed by atoms with Crippen molar-refractivity contribution in [1.82, 2.24) is 93.4 Å². The van der Waals surface area contributed by atoms with Gasteiger partial charge in [0, 0.05) is 103 Å². The number of rotatable bonds is 41. The fourth-order valence-electron chi connectivity index (χ4n) is 14.7. The van der Waals surface area contributed by atoms with Crippen LogP contribution in [0.15, 0.2) is 110 Å². The Balaban J connectivity index is 0.000000227. The Morgan fingerprint density at radius 2 is 0.624 bits per heavy atom. The number of hydrogen-bond acceptors (Lipinski definition) is 28. The van der Waals surface area contributed by atoms with E-state index in [1.807, 2.05) is 71.9 Å². The molecule has 7 N–H and O–H groups in total. The van der Waals surface area contributed by atoms with Gasteiger partial charge in [0.05, 0.1) is 88.1 Å². The minimum Gasteiger partial charge on any atom is -0.481 e. The number of benzene rings is 1. The number of nitrogens with zero attached hydrogens (tertiary/aromatic N) is 20. The molecular weight excluding hydrogens is 1730 g/mol. The van der Waals surface area contributed by atoms with Crippen LogP contribution in [-0.2, 0) is 157 Å². The minimum atomic E-state index is -1.04. The normalized spacial score (nSPS) is 13.2. The number of aromatic nitrogens is 20. The van der Waals surface area contributed by atoms with Crippen LogP contribution in [0.4, 0.5) is 0 Å². The smallest absolute Gasteiger partial charge is 0.332 e. The molecule has 0 aliphatic carbocycles. The molecule has 11 aromatic rings. The zero-order valence-corrected chi connectivity index (χ0v) is 79.9. The van der Waals surface area contributed by atoms with E-state index in [1.54, 1.807) is 113 Å². The standard InChI is InChI=1S/C20H26N4O3.C19H31N5O4.C18H29N5O4.C17H24N4O6.C15H23N5O4/c1-15(27-13-16-10-5-4-6-11-16)9-7-8-12-24-19(25)17-18(21-14-22(17)2)23(3)20(24)26;1-6-12(2)14(20)18(26)28-13(3)9-7-8-10-24-17(25)15-16(21-11-22(15)4)23(5)19(24)27;1-11(2)13(19)17(25)27-12(3)8-6-7-9-23-16(24)14-15(20-10-21(14)4)22(5)18(23)26;1-11(27-13(24)8-7-12(22)23)6-4-5-9-21-16(25)14-15(18-10-19(14)2)20(3)17(21)26;1-10(24-11(21)8-16)6-4-5-7-20-14(22)12-13(17-9-18(12)2)19(3)15(20)23/h4-6,10-11,14-15H,7-9,12-13H2,1-3H3;11-14H,6-10,20H2,1-5H3;10-13H,6-9,19H2,1-5H3;10-11H,4-9H2,1-3H3,(H,22,23);9-10H,4-8,16H2,1-3H3/t;12-,13?,14-;12?,13-;;/m.00../s1. The van der Waals surface area contributed by atoms with Crippen LogP contribution in [0, 0.1) is 11.8 Å². The van der Waals surface area contributed by atoms with Gasteiger partial charge < -0.3 is 68.8 Å².